The predicted molar refractivity (Wildman–Crippen MR) is 241 cm³/mol. The van der Waals surface area contributed by atoms with Gasteiger partial charge in [-0.1, -0.05) is 148 Å². The molecule has 0 aromatic carbocycles. The highest BCUT2D eigenvalue weighted by atomic mass is 31.2. The number of aliphatic hydroxyl groups excluding tert-OH is 2. The lowest BCUT2D eigenvalue weighted by atomic mass is 10.1. The maximum Gasteiger partial charge on any atom is 0.472 e. The molecule has 0 rings (SSSR count). The number of unbranched alkanes of at least 4 members (excludes halogenated alkanes) is 5. The van der Waals surface area contributed by atoms with E-state index in [9.17, 15) is 19.4 Å². The number of phosphoric acid groups is 1. The first-order valence-corrected chi connectivity index (χ1v) is 23.0. The van der Waals surface area contributed by atoms with Crippen molar-refractivity contribution in [3.8, 4) is 0 Å². The van der Waals surface area contributed by atoms with Crippen LogP contribution >= 0.6 is 7.82 Å². The number of esters is 1. The molecule has 328 valence electrons. The van der Waals surface area contributed by atoms with Crippen molar-refractivity contribution in [3.05, 3.63) is 122 Å². The van der Waals surface area contributed by atoms with Crippen LogP contribution in [0.3, 0.4) is 0 Å². The molecular weight excluding hydrogens is 751 g/mol. The summed E-state index contributed by atoms with van der Waals surface area (Å²) in [5.41, 5.74) is 0. The van der Waals surface area contributed by atoms with Crippen LogP contribution in [-0.2, 0) is 27.9 Å². The zero-order valence-corrected chi connectivity index (χ0v) is 36.6. The van der Waals surface area contributed by atoms with Gasteiger partial charge < -0.3 is 24.6 Å². The third-order valence-corrected chi connectivity index (χ3v) is 9.09. The molecule has 0 aromatic heterocycles. The Labute approximate surface area is 352 Å². The summed E-state index contributed by atoms with van der Waals surface area (Å²) in [5, 5.41) is 18.3. The lowest BCUT2D eigenvalue weighted by Gasteiger charge is -2.20. The van der Waals surface area contributed by atoms with E-state index in [1.807, 2.05) is 6.08 Å². The van der Waals surface area contributed by atoms with Gasteiger partial charge in [-0.15, -0.1) is 0 Å². The molecule has 3 N–H and O–H groups in total. The van der Waals surface area contributed by atoms with Crippen LogP contribution in [0.2, 0.25) is 0 Å². The Morgan fingerprint density at radius 2 is 0.931 bits per heavy atom. The van der Waals surface area contributed by atoms with Gasteiger partial charge >= 0.3 is 13.8 Å². The number of allylic oxidation sites excluding steroid dienone is 20. The molecule has 0 amide bonds. The SMILES string of the molecule is CC/C=C\C/C=C\C/C=C\C/C=C\C/C=C\CCCCCCOCC(COP(=O)(O)OCC(O)CO)OC(=O)CCC/C=C\C/C=C\C/C=C\C/C=C\C/C=C\CC. The smallest absolute Gasteiger partial charge is 0.457 e. The number of aliphatic hydroxyl groups is 2. The molecule has 3 unspecified atom stereocenters. The molecule has 0 radical (unpaired) electrons. The Morgan fingerprint density at radius 1 is 0.534 bits per heavy atom. The molecule has 0 aliphatic carbocycles. The second-order valence-corrected chi connectivity index (χ2v) is 15.0. The molecule has 0 saturated heterocycles. The van der Waals surface area contributed by atoms with E-state index < -0.39 is 45.8 Å². The summed E-state index contributed by atoms with van der Waals surface area (Å²) in [6, 6.07) is 0. The fourth-order valence-corrected chi connectivity index (χ4v) is 5.73. The molecule has 0 heterocycles. The van der Waals surface area contributed by atoms with Crippen LogP contribution in [0.5, 0.6) is 0 Å². The van der Waals surface area contributed by atoms with Crippen molar-refractivity contribution in [2.24, 2.45) is 0 Å². The van der Waals surface area contributed by atoms with E-state index >= 15 is 0 Å². The number of rotatable bonds is 39. The molecule has 0 aliphatic heterocycles. The van der Waals surface area contributed by atoms with E-state index in [1.54, 1.807) is 0 Å². The van der Waals surface area contributed by atoms with Crippen LogP contribution in [0, 0.1) is 0 Å². The van der Waals surface area contributed by atoms with Crippen molar-refractivity contribution in [3.63, 3.8) is 0 Å². The summed E-state index contributed by atoms with van der Waals surface area (Å²) in [5.74, 6) is -0.455. The molecule has 0 saturated carbocycles. The molecule has 10 heteroatoms. The summed E-state index contributed by atoms with van der Waals surface area (Å²) < 4.78 is 33.3. The molecule has 0 aliphatic rings. The quantitative estimate of drug-likeness (QED) is 0.0240. The van der Waals surface area contributed by atoms with Crippen molar-refractivity contribution in [1.29, 1.82) is 0 Å². The van der Waals surface area contributed by atoms with Gasteiger partial charge in [0.25, 0.3) is 0 Å². The number of carbonyl (C=O) groups excluding carboxylic acids is 1. The maximum atomic E-state index is 12.6. The Balaban J connectivity index is 4.36. The molecule has 58 heavy (non-hydrogen) atoms. The molecule has 0 aromatic rings. The van der Waals surface area contributed by atoms with Gasteiger partial charge in [-0.25, -0.2) is 4.57 Å². The third-order valence-electron chi connectivity index (χ3n) is 8.14. The topological polar surface area (TPSA) is 132 Å². The summed E-state index contributed by atoms with van der Waals surface area (Å²) in [4.78, 5) is 22.6. The largest absolute Gasteiger partial charge is 0.472 e. The average Bonchev–Trinajstić information content (AvgIpc) is 3.21. The highest BCUT2D eigenvalue weighted by Gasteiger charge is 2.26. The van der Waals surface area contributed by atoms with Crippen LogP contribution in [0.1, 0.15) is 129 Å². The third kappa shape index (κ3) is 42.5. The first kappa shape index (κ1) is 54.9. The molecule has 9 nitrogen and oxygen atoms in total. The lowest BCUT2D eigenvalue weighted by Crippen LogP contribution is -2.29. The van der Waals surface area contributed by atoms with Gasteiger partial charge in [0.1, 0.15) is 12.2 Å². The summed E-state index contributed by atoms with van der Waals surface area (Å²) in [6.07, 6.45) is 57.4. The van der Waals surface area contributed by atoms with Crippen molar-refractivity contribution < 1.29 is 43.0 Å². The fourth-order valence-electron chi connectivity index (χ4n) is 4.94. The number of carbonyl (C=O) groups is 1. The zero-order valence-electron chi connectivity index (χ0n) is 35.7. The van der Waals surface area contributed by atoms with Crippen LogP contribution in [0.4, 0.5) is 0 Å². The lowest BCUT2D eigenvalue weighted by molar-refractivity contribution is -0.154. The van der Waals surface area contributed by atoms with Gasteiger partial charge in [0, 0.05) is 13.0 Å². The van der Waals surface area contributed by atoms with Crippen molar-refractivity contribution in [2.75, 3.05) is 33.0 Å². The Bertz CT molecular complexity index is 1310. The number of ether oxygens (including phenoxy) is 2. The van der Waals surface area contributed by atoms with Crippen LogP contribution in [0.25, 0.3) is 0 Å². The van der Waals surface area contributed by atoms with Gasteiger partial charge in [0.15, 0.2) is 0 Å². The first-order valence-electron chi connectivity index (χ1n) is 21.5. The average molecular weight is 829 g/mol. The first-order chi connectivity index (χ1) is 28.3. The molecule has 0 fully saturated rings. The molecule has 3 atom stereocenters. The highest BCUT2D eigenvalue weighted by molar-refractivity contribution is 7.47. The minimum atomic E-state index is -4.55. The van der Waals surface area contributed by atoms with Gasteiger partial charge in [0.2, 0.25) is 0 Å². The van der Waals surface area contributed by atoms with Crippen molar-refractivity contribution >= 4 is 13.8 Å². The van der Waals surface area contributed by atoms with Gasteiger partial charge in [-0.3, -0.25) is 13.8 Å². The van der Waals surface area contributed by atoms with Gasteiger partial charge in [-0.2, -0.15) is 0 Å². The van der Waals surface area contributed by atoms with E-state index in [2.05, 4.69) is 129 Å². The van der Waals surface area contributed by atoms with Gasteiger partial charge in [0.05, 0.1) is 26.4 Å². The van der Waals surface area contributed by atoms with Crippen LogP contribution < -0.4 is 0 Å². The predicted octanol–water partition coefficient (Wildman–Crippen LogP) is 12.0. The van der Waals surface area contributed by atoms with Crippen molar-refractivity contribution in [1.82, 2.24) is 0 Å². The highest BCUT2D eigenvalue weighted by Crippen LogP contribution is 2.43. The number of phosphoric ester groups is 1. The van der Waals surface area contributed by atoms with Crippen LogP contribution in [0.15, 0.2) is 122 Å². The second-order valence-electron chi connectivity index (χ2n) is 13.6. The standard InChI is InChI=1S/C48H77O9P/c1-3-5-7-9-11-13-15-17-19-21-22-23-25-27-29-31-33-35-37-39-41-54-44-47(45-56-58(52,53)55-43-46(50)42-49)57-48(51)40-38-36-34-32-30-28-26-24-20-18-16-14-12-10-8-6-4-2/h5-8,11-14,17-20,22-23,26-29,32,34,46-47,49-50H,3-4,9-10,15-16,21,24-25,30-31,33,35-45H2,1-2H3,(H,52,53)/b7-5-,8-6-,13-11-,14-12-,19-17-,20-18-,23-22-,28-26-,29-27-,34-32-. The summed E-state index contributed by atoms with van der Waals surface area (Å²) >= 11 is 0. The summed E-state index contributed by atoms with van der Waals surface area (Å²) in [7, 11) is -4.55. The minimum absolute atomic E-state index is 0.000187. The minimum Gasteiger partial charge on any atom is -0.457 e. The van der Waals surface area contributed by atoms with E-state index in [4.69, 9.17) is 23.6 Å². The normalized spacial score (nSPS) is 15.2. The monoisotopic (exact) mass is 829 g/mol. The van der Waals surface area contributed by atoms with E-state index in [0.29, 0.717) is 19.4 Å². The molecule has 0 spiro atoms. The zero-order chi connectivity index (χ0) is 42.5. The van der Waals surface area contributed by atoms with E-state index in [-0.39, 0.29) is 13.0 Å². The Hall–Kier alpha value is -3.14. The Kier molecular flexibility index (Phi) is 41.1. The summed E-state index contributed by atoms with van der Waals surface area (Å²) in [6.45, 7) is 3.10. The fraction of sp³-hybridized carbons (Fsp3) is 0.562. The van der Waals surface area contributed by atoms with Gasteiger partial charge in [-0.05, 0) is 96.3 Å². The number of hydrogen-bond acceptors (Lipinski definition) is 8. The Morgan fingerprint density at radius 3 is 1.38 bits per heavy atom. The van der Waals surface area contributed by atoms with Crippen LogP contribution in [-0.4, -0.2) is 66.3 Å². The van der Waals surface area contributed by atoms with E-state index in [1.165, 1.54) is 0 Å². The maximum absolute atomic E-state index is 12.6. The molecule has 0 bridgehead atoms. The van der Waals surface area contributed by atoms with E-state index in [0.717, 1.165) is 96.3 Å². The second kappa shape index (κ2) is 43.4. The molecular formula is C48H77O9P. The van der Waals surface area contributed by atoms with Crippen molar-refractivity contribution in [2.45, 2.75) is 142 Å². The number of hydrogen-bond donors (Lipinski definition) is 3.